The molecule has 1 rings (SSSR count). The number of carbonyl (C=O) groups is 1. The molecule has 0 amide bonds. The first kappa shape index (κ1) is 9.74. The highest BCUT2D eigenvalue weighted by atomic mass is 16.3. The summed E-state index contributed by atoms with van der Waals surface area (Å²) in [4.78, 5) is 10.6. The van der Waals surface area contributed by atoms with E-state index in [-0.39, 0.29) is 0 Å². The lowest BCUT2D eigenvalue weighted by molar-refractivity contribution is 0.112. The highest BCUT2D eigenvalue weighted by Crippen LogP contribution is 2.26. The van der Waals surface area contributed by atoms with E-state index in [4.69, 9.17) is 5.73 Å². The van der Waals surface area contributed by atoms with Crippen LogP contribution in [0.5, 0.6) is 0 Å². The number of nitrogen functional groups attached to an aromatic ring is 1. The van der Waals surface area contributed by atoms with Gasteiger partial charge in [0.2, 0.25) is 0 Å². The number of benzene rings is 1. The predicted molar refractivity (Wildman–Crippen MR) is 51.6 cm³/mol. The quantitative estimate of drug-likeness (QED) is 0.533. The third kappa shape index (κ3) is 1.70. The summed E-state index contributed by atoms with van der Waals surface area (Å²) in [7, 11) is 0. The Morgan fingerprint density at radius 2 is 2.15 bits per heavy atom. The molecule has 0 aliphatic rings. The summed E-state index contributed by atoms with van der Waals surface area (Å²) in [6, 6.07) is 3.44. The fourth-order valence-electron chi connectivity index (χ4n) is 1.42. The van der Waals surface area contributed by atoms with Crippen molar-refractivity contribution in [3.63, 3.8) is 0 Å². The molecule has 0 bridgehead atoms. The summed E-state index contributed by atoms with van der Waals surface area (Å²) >= 11 is 0. The Kier molecular flexibility index (Phi) is 2.68. The number of hydrogen-bond acceptors (Lipinski definition) is 3. The van der Waals surface area contributed by atoms with Gasteiger partial charge in [0.25, 0.3) is 0 Å². The largest absolute Gasteiger partial charge is 0.398 e. The maximum absolute atomic E-state index is 10.6. The molecule has 1 aromatic rings. The highest BCUT2D eigenvalue weighted by Gasteiger charge is 2.11. The molecule has 0 spiro atoms. The topological polar surface area (TPSA) is 63.3 Å². The maximum Gasteiger partial charge on any atom is 0.152 e. The molecule has 0 radical (unpaired) electrons. The molecule has 0 saturated heterocycles. The Labute approximate surface area is 77.2 Å². The van der Waals surface area contributed by atoms with Crippen LogP contribution in [0.15, 0.2) is 12.1 Å². The molecule has 70 valence electrons. The number of aliphatic hydroxyl groups is 1. The molecule has 0 heterocycles. The number of aldehydes is 1. The second-order valence-electron chi connectivity index (χ2n) is 3.09. The first-order chi connectivity index (χ1) is 6.07. The second-order valence-corrected chi connectivity index (χ2v) is 3.09. The van der Waals surface area contributed by atoms with E-state index in [0.29, 0.717) is 23.1 Å². The molecule has 0 aliphatic carbocycles. The standard InChI is InChI=1S/C10H13NO2/c1-6-3-4-8(5-12)10(11)9(6)7(2)13/h3-5,7,13H,11H2,1-2H3. The summed E-state index contributed by atoms with van der Waals surface area (Å²) < 4.78 is 0. The predicted octanol–water partition coefficient (Wildman–Crippen LogP) is 1.44. The van der Waals surface area contributed by atoms with Gasteiger partial charge in [0.1, 0.15) is 0 Å². The van der Waals surface area contributed by atoms with Gasteiger partial charge >= 0.3 is 0 Å². The van der Waals surface area contributed by atoms with Crippen LogP contribution in [0.4, 0.5) is 5.69 Å². The first-order valence-electron chi connectivity index (χ1n) is 4.10. The molecular formula is C10H13NO2. The van der Waals surface area contributed by atoms with Gasteiger partial charge < -0.3 is 10.8 Å². The van der Waals surface area contributed by atoms with Crippen molar-refractivity contribution in [2.45, 2.75) is 20.0 Å². The number of anilines is 1. The minimum absolute atomic E-state index is 0.380. The van der Waals surface area contributed by atoms with Crippen LogP contribution in [0.25, 0.3) is 0 Å². The Morgan fingerprint density at radius 1 is 1.54 bits per heavy atom. The number of nitrogens with two attached hydrogens (primary N) is 1. The fraction of sp³-hybridized carbons (Fsp3) is 0.300. The van der Waals surface area contributed by atoms with E-state index in [1.54, 1.807) is 19.1 Å². The SMILES string of the molecule is Cc1ccc(C=O)c(N)c1C(C)O. The van der Waals surface area contributed by atoms with Crippen LogP contribution < -0.4 is 5.73 Å². The molecule has 3 N–H and O–H groups in total. The van der Waals surface area contributed by atoms with Crippen LogP contribution in [0.1, 0.15) is 34.5 Å². The summed E-state index contributed by atoms with van der Waals surface area (Å²) in [5.74, 6) is 0. The summed E-state index contributed by atoms with van der Waals surface area (Å²) in [5, 5.41) is 9.41. The van der Waals surface area contributed by atoms with Gasteiger partial charge in [0, 0.05) is 16.8 Å². The smallest absolute Gasteiger partial charge is 0.152 e. The van der Waals surface area contributed by atoms with Crippen molar-refractivity contribution in [2.75, 3.05) is 5.73 Å². The van der Waals surface area contributed by atoms with Crippen LogP contribution in [0.3, 0.4) is 0 Å². The van der Waals surface area contributed by atoms with E-state index in [2.05, 4.69) is 0 Å². The van der Waals surface area contributed by atoms with Crippen molar-refractivity contribution >= 4 is 12.0 Å². The van der Waals surface area contributed by atoms with E-state index < -0.39 is 6.10 Å². The second kappa shape index (κ2) is 3.58. The van der Waals surface area contributed by atoms with E-state index in [1.165, 1.54) is 0 Å². The minimum Gasteiger partial charge on any atom is -0.398 e. The molecular weight excluding hydrogens is 166 g/mol. The molecule has 0 aromatic heterocycles. The van der Waals surface area contributed by atoms with Crippen LogP contribution >= 0.6 is 0 Å². The molecule has 0 aliphatic heterocycles. The Balaban J connectivity index is 3.38. The summed E-state index contributed by atoms with van der Waals surface area (Å²) in [6.45, 7) is 3.49. The summed E-state index contributed by atoms with van der Waals surface area (Å²) in [6.07, 6.45) is 0.0561. The van der Waals surface area contributed by atoms with E-state index in [1.807, 2.05) is 6.92 Å². The van der Waals surface area contributed by atoms with E-state index >= 15 is 0 Å². The van der Waals surface area contributed by atoms with Crippen molar-refractivity contribution in [2.24, 2.45) is 0 Å². The monoisotopic (exact) mass is 179 g/mol. The number of rotatable bonds is 2. The first-order valence-corrected chi connectivity index (χ1v) is 4.10. The van der Waals surface area contributed by atoms with Crippen LogP contribution in [-0.2, 0) is 0 Å². The van der Waals surface area contributed by atoms with Crippen molar-refractivity contribution < 1.29 is 9.90 Å². The molecule has 0 fully saturated rings. The van der Waals surface area contributed by atoms with Gasteiger partial charge in [-0.05, 0) is 25.5 Å². The molecule has 1 atom stereocenters. The molecule has 13 heavy (non-hydrogen) atoms. The van der Waals surface area contributed by atoms with Crippen LogP contribution in [-0.4, -0.2) is 11.4 Å². The van der Waals surface area contributed by atoms with Gasteiger partial charge in [0.05, 0.1) is 6.10 Å². The zero-order valence-corrected chi connectivity index (χ0v) is 7.74. The Bertz CT molecular complexity index is 332. The minimum atomic E-state index is -0.639. The third-order valence-electron chi connectivity index (χ3n) is 2.08. The molecule has 1 unspecified atom stereocenters. The average Bonchev–Trinajstić information content (AvgIpc) is 2.04. The maximum atomic E-state index is 10.6. The van der Waals surface area contributed by atoms with Crippen LogP contribution in [0.2, 0.25) is 0 Å². The number of aryl methyl sites for hydroxylation is 1. The highest BCUT2D eigenvalue weighted by molar-refractivity contribution is 5.85. The molecule has 3 nitrogen and oxygen atoms in total. The zero-order valence-electron chi connectivity index (χ0n) is 7.74. The Morgan fingerprint density at radius 3 is 2.62 bits per heavy atom. The summed E-state index contributed by atoms with van der Waals surface area (Å²) in [5.41, 5.74) is 8.06. The normalized spacial score (nSPS) is 12.5. The van der Waals surface area contributed by atoms with Gasteiger partial charge in [-0.3, -0.25) is 4.79 Å². The van der Waals surface area contributed by atoms with Gasteiger partial charge in [-0.25, -0.2) is 0 Å². The number of carbonyl (C=O) groups excluding carboxylic acids is 1. The van der Waals surface area contributed by atoms with Gasteiger partial charge in [-0.2, -0.15) is 0 Å². The average molecular weight is 179 g/mol. The Hall–Kier alpha value is -1.35. The van der Waals surface area contributed by atoms with Crippen molar-refractivity contribution in [3.8, 4) is 0 Å². The van der Waals surface area contributed by atoms with Crippen molar-refractivity contribution in [1.82, 2.24) is 0 Å². The number of hydrogen-bond donors (Lipinski definition) is 2. The van der Waals surface area contributed by atoms with Crippen LogP contribution in [0, 0.1) is 6.92 Å². The molecule has 3 heteroatoms. The van der Waals surface area contributed by atoms with Gasteiger partial charge in [-0.1, -0.05) is 6.07 Å². The zero-order chi connectivity index (χ0) is 10.0. The van der Waals surface area contributed by atoms with Crippen molar-refractivity contribution in [3.05, 3.63) is 28.8 Å². The third-order valence-corrected chi connectivity index (χ3v) is 2.08. The molecule has 1 aromatic carbocycles. The van der Waals surface area contributed by atoms with Gasteiger partial charge in [0.15, 0.2) is 6.29 Å². The lowest BCUT2D eigenvalue weighted by Gasteiger charge is -2.13. The number of aliphatic hydroxyl groups excluding tert-OH is 1. The van der Waals surface area contributed by atoms with Gasteiger partial charge in [-0.15, -0.1) is 0 Å². The lowest BCUT2D eigenvalue weighted by Crippen LogP contribution is -2.04. The fourth-order valence-corrected chi connectivity index (χ4v) is 1.42. The lowest BCUT2D eigenvalue weighted by atomic mass is 9.99. The van der Waals surface area contributed by atoms with Crippen molar-refractivity contribution in [1.29, 1.82) is 0 Å². The van der Waals surface area contributed by atoms with E-state index in [0.717, 1.165) is 5.56 Å². The van der Waals surface area contributed by atoms with E-state index in [9.17, 15) is 9.90 Å². The molecule has 0 saturated carbocycles.